The molecule has 5 N–H and O–H groups in total. The maximum absolute atomic E-state index is 13.5. The van der Waals surface area contributed by atoms with Crippen molar-refractivity contribution in [3.8, 4) is 5.75 Å². The second kappa shape index (κ2) is 16.5. The van der Waals surface area contributed by atoms with Crippen molar-refractivity contribution in [2.75, 3.05) is 51.2 Å². The van der Waals surface area contributed by atoms with E-state index in [2.05, 4.69) is 0 Å². The van der Waals surface area contributed by atoms with Crippen LogP contribution < -0.4 is 9.80 Å². The molecule has 1 aliphatic carbocycles. The van der Waals surface area contributed by atoms with Gasteiger partial charge in [-0.3, -0.25) is 19.2 Å². The van der Waals surface area contributed by atoms with Gasteiger partial charge in [-0.1, -0.05) is 12.1 Å². The minimum Gasteiger partial charge on any atom is -0.507 e. The molecule has 3 rings (SSSR count). The molecule has 3 unspecified atom stereocenters. The number of benzene rings is 2. The highest BCUT2D eigenvalue weighted by Gasteiger charge is 2.36. The zero-order valence-electron chi connectivity index (χ0n) is 26.6. The molecule has 0 aromatic heterocycles. The first kappa shape index (κ1) is 36.6. The number of carbonyl (C=O) groups is 4. The van der Waals surface area contributed by atoms with Gasteiger partial charge in [-0.15, -0.1) is 0 Å². The van der Waals surface area contributed by atoms with Crippen LogP contribution in [0, 0.1) is 17.8 Å². The summed E-state index contributed by atoms with van der Waals surface area (Å²) in [5, 5.41) is 30.9. The molecule has 0 spiro atoms. The monoisotopic (exact) mass is 616 g/mol. The van der Waals surface area contributed by atoms with Crippen molar-refractivity contribution in [3.05, 3.63) is 52.6 Å². The van der Waals surface area contributed by atoms with Crippen molar-refractivity contribution in [3.63, 3.8) is 0 Å². The van der Waals surface area contributed by atoms with Gasteiger partial charge >= 0.3 is 0 Å². The molecule has 1 aliphatic rings. The van der Waals surface area contributed by atoms with Gasteiger partial charge in [0.05, 0.1) is 18.6 Å². The van der Waals surface area contributed by atoms with Crippen LogP contribution in [0.15, 0.2) is 30.3 Å². The van der Waals surface area contributed by atoms with Crippen molar-refractivity contribution >= 4 is 34.5 Å². The molecule has 0 aliphatic heterocycles. The molecule has 0 bridgehead atoms. The molecule has 3 atom stereocenters. The predicted molar refractivity (Wildman–Crippen MR) is 175 cm³/mol. The highest BCUT2D eigenvalue weighted by atomic mass is 16.3. The van der Waals surface area contributed by atoms with E-state index in [1.54, 1.807) is 0 Å². The number of hydrogen-bond donors (Lipinski definition) is 3. The summed E-state index contributed by atoms with van der Waals surface area (Å²) in [5.41, 5.74) is 4.33. The average Bonchev–Trinajstić information content (AvgIpc) is 2.92. The van der Waals surface area contributed by atoms with Crippen molar-refractivity contribution in [1.82, 2.24) is 0 Å². The Balaban J connectivity index is 0.00000675. The van der Waals surface area contributed by atoms with Gasteiger partial charge in [-0.25, -0.2) is 0 Å². The largest absolute Gasteiger partial charge is 0.507 e. The zero-order chi connectivity index (χ0) is 31.8. The Morgan fingerprint density at radius 2 is 1.68 bits per heavy atom. The molecule has 10 nitrogen and oxygen atoms in total. The number of phenols is 1. The number of aliphatic hydroxyl groups excluding tert-OH is 2. The van der Waals surface area contributed by atoms with Crippen LogP contribution in [0.25, 0.3) is 0 Å². The van der Waals surface area contributed by atoms with Crippen molar-refractivity contribution in [2.45, 2.75) is 58.3 Å². The molecular formula is C34H52N2O8. The molecule has 2 aromatic carbocycles. The van der Waals surface area contributed by atoms with Crippen LogP contribution >= 0.6 is 0 Å². The SMILES string of the molecule is CC(=O)CC(=O)C(CO)C(CCO)CC1CC(=O)c2c(O)c(CCC(=O)Cc3ccc(N(C)C)cc3)cc(N(C)C)c2C1.O.[HH].[HH]. The fourth-order valence-electron chi connectivity index (χ4n) is 6.21. The number of phenolic OH excluding ortho intramolecular Hbond substituents is 1. The molecule has 10 heteroatoms. The number of ketones is 4. The van der Waals surface area contributed by atoms with Crippen LogP contribution in [-0.4, -0.2) is 85.3 Å². The summed E-state index contributed by atoms with van der Waals surface area (Å²) in [5.74, 6) is -2.23. The van der Waals surface area contributed by atoms with E-state index in [-0.39, 0.29) is 86.9 Å². The van der Waals surface area contributed by atoms with E-state index in [0.717, 1.165) is 22.5 Å². The molecule has 0 heterocycles. The Kier molecular flexibility index (Phi) is 13.7. The maximum atomic E-state index is 13.5. The summed E-state index contributed by atoms with van der Waals surface area (Å²) in [6.45, 7) is 0.716. The van der Waals surface area contributed by atoms with E-state index in [0.29, 0.717) is 31.2 Å². The lowest BCUT2D eigenvalue weighted by Gasteiger charge is -2.33. The van der Waals surface area contributed by atoms with Crippen LogP contribution in [0.3, 0.4) is 0 Å². The van der Waals surface area contributed by atoms with E-state index in [4.69, 9.17) is 0 Å². The van der Waals surface area contributed by atoms with Gasteiger partial charge in [0.15, 0.2) is 5.78 Å². The Bertz CT molecular complexity index is 1330. The number of carbonyl (C=O) groups excluding carboxylic acids is 4. The Labute approximate surface area is 263 Å². The highest BCUT2D eigenvalue weighted by molar-refractivity contribution is 6.03. The number of hydrogen-bond acceptors (Lipinski definition) is 9. The molecular weight excluding hydrogens is 564 g/mol. The highest BCUT2D eigenvalue weighted by Crippen LogP contribution is 2.42. The molecule has 44 heavy (non-hydrogen) atoms. The third kappa shape index (κ3) is 9.20. The summed E-state index contributed by atoms with van der Waals surface area (Å²) in [7, 11) is 7.65. The molecule has 0 fully saturated rings. The third-order valence-corrected chi connectivity index (χ3v) is 8.46. The lowest BCUT2D eigenvalue weighted by molar-refractivity contribution is -0.131. The predicted octanol–water partition coefficient (Wildman–Crippen LogP) is 3.23. The summed E-state index contributed by atoms with van der Waals surface area (Å²) < 4.78 is 0. The third-order valence-electron chi connectivity index (χ3n) is 8.46. The normalized spacial score (nSPS) is 15.5. The van der Waals surface area contributed by atoms with Crippen molar-refractivity contribution < 1.29 is 42.8 Å². The number of fused-ring (bicyclic) bond motifs is 1. The smallest absolute Gasteiger partial charge is 0.167 e. The number of nitrogens with zero attached hydrogens (tertiary/aromatic N) is 2. The maximum Gasteiger partial charge on any atom is 0.167 e. The summed E-state index contributed by atoms with van der Waals surface area (Å²) in [6.07, 6.45) is 1.87. The Morgan fingerprint density at radius 1 is 1.02 bits per heavy atom. The standard InChI is InChI=1S/C34H46N2O7.H2O.2H2/c1-21(39)14-31(41)29(20-38)24(12-13-37)15-23-17-28-30(36(4)5)19-25(34(43)33(28)32(42)18-23)8-11-27(40)16-22-6-9-26(10-7-22)35(2)3;;;/h6-7,9-10,19,23-24,29,37-38,43H,8,11-18,20H2,1-5H3;1H2;2*1H. The first-order valence-electron chi connectivity index (χ1n) is 15.0. The summed E-state index contributed by atoms with van der Waals surface area (Å²) in [4.78, 5) is 54.4. The molecule has 0 radical (unpaired) electrons. The minimum atomic E-state index is -0.792. The fraction of sp³-hybridized carbons (Fsp3) is 0.529. The van der Waals surface area contributed by atoms with E-state index in [1.807, 2.05) is 68.3 Å². The summed E-state index contributed by atoms with van der Waals surface area (Å²) >= 11 is 0. The van der Waals surface area contributed by atoms with Gasteiger partial charge in [-0.2, -0.15) is 0 Å². The fourth-order valence-corrected chi connectivity index (χ4v) is 6.21. The lowest BCUT2D eigenvalue weighted by atomic mass is 9.73. The quantitative estimate of drug-likeness (QED) is 0.240. The summed E-state index contributed by atoms with van der Waals surface area (Å²) in [6, 6.07) is 9.67. The molecule has 246 valence electrons. The van der Waals surface area contributed by atoms with Crippen LogP contribution in [0.4, 0.5) is 11.4 Å². The van der Waals surface area contributed by atoms with Gasteiger partial charge < -0.3 is 30.6 Å². The van der Waals surface area contributed by atoms with Crippen LogP contribution in [0.5, 0.6) is 5.75 Å². The average molecular weight is 617 g/mol. The van der Waals surface area contributed by atoms with Gasteiger partial charge in [0, 0.05) is 74.2 Å². The first-order chi connectivity index (χ1) is 20.4. The molecule has 0 saturated carbocycles. The second-order valence-electron chi connectivity index (χ2n) is 12.3. The number of aryl methyl sites for hydroxylation is 1. The lowest BCUT2D eigenvalue weighted by Crippen LogP contribution is -2.33. The Morgan fingerprint density at radius 3 is 2.23 bits per heavy atom. The van der Waals surface area contributed by atoms with Gasteiger partial charge in [0.25, 0.3) is 0 Å². The number of anilines is 2. The first-order valence-corrected chi connectivity index (χ1v) is 15.0. The van der Waals surface area contributed by atoms with E-state index >= 15 is 0 Å². The van der Waals surface area contributed by atoms with Crippen LogP contribution in [0.1, 0.15) is 68.9 Å². The second-order valence-corrected chi connectivity index (χ2v) is 12.3. The minimum absolute atomic E-state index is 0. The zero-order valence-corrected chi connectivity index (χ0v) is 26.6. The van der Waals surface area contributed by atoms with E-state index in [1.165, 1.54) is 6.92 Å². The molecule has 0 saturated heterocycles. The van der Waals surface area contributed by atoms with E-state index in [9.17, 15) is 34.5 Å². The van der Waals surface area contributed by atoms with E-state index < -0.39 is 12.5 Å². The van der Waals surface area contributed by atoms with Gasteiger partial charge in [0.1, 0.15) is 23.1 Å². The number of aliphatic hydroxyl groups is 2. The van der Waals surface area contributed by atoms with Gasteiger partial charge in [0.2, 0.25) is 0 Å². The topological polar surface area (TPSA) is 167 Å². The van der Waals surface area contributed by atoms with Crippen molar-refractivity contribution in [2.24, 2.45) is 17.8 Å². The molecule has 2 aromatic rings. The number of aromatic hydroxyl groups is 1. The van der Waals surface area contributed by atoms with Crippen molar-refractivity contribution in [1.29, 1.82) is 0 Å². The van der Waals surface area contributed by atoms with Crippen LogP contribution in [0.2, 0.25) is 0 Å². The Hall–Kier alpha value is -3.60. The van der Waals surface area contributed by atoms with Gasteiger partial charge in [-0.05, 0) is 79.3 Å². The van der Waals surface area contributed by atoms with Crippen LogP contribution in [-0.2, 0) is 33.6 Å². The molecule has 0 amide bonds. The number of rotatable bonds is 16. The number of Topliss-reactive ketones (excluding diaryl/α,β-unsaturated/α-hetero) is 4.